The number of carbonyl (C=O) groups is 1. The third-order valence-electron chi connectivity index (χ3n) is 4.54. The van der Waals surface area contributed by atoms with Crippen molar-refractivity contribution >= 4 is 5.91 Å². The summed E-state index contributed by atoms with van der Waals surface area (Å²) in [5.41, 5.74) is 9.17. The van der Waals surface area contributed by atoms with Crippen molar-refractivity contribution in [1.82, 2.24) is 15.1 Å². The molecule has 1 aromatic carbocycles. The fourth-order valence-corrected chi connectivity index (χ4v) is 3.07. The summed E-state index contributed by atoms with van der Waals surface area (Å²) < 4.78 is 28.3. The van der Waals surface area contributed by atoms with Crippen molar-refractivity contribution in [1.29, 1.82) is 0 Å². The van der Waals surface area contributed by atoms with Gasteiger partial charge in [-0.3, -0.25) is 4.79 Å². The van der Waals surface area contributed by atoms with E-state index in [0.717, 1.165) is 42.6 Å². The third kappa shape index (κ3) is 3.56. The Bertz CT molecular complexity index is 768. The smallest absolute Gasteiger partial charge is 0.277 e. The Hall–Kier alpha value is -2.28. The average Bonchev–Trinajstić information content (AvgIpc) is 3.22. The maximum Gasteiger partial charge on any atom is 0.277 e. The van der Waals surface area contributed by atoms with Gasteiger partial charge >= 0.3 is 0 Å². The topological polar surface area (TPSA) is 72.9 Å². The second kappa shape index (κ2) is 6.92. The molecule has 5 nitrogen and oxygen atoms in total. The van der Waals surface area contributed by atoms with Gasteiger partial charge in [0.1, 0.15) is 0 Å². The van der Waals surface area contributed by atoms with E-state index < -0.39 is 24.9 Å². The number of nitrogens with two attached hydrogens (primary N) is 1. The van der Waals surface area contributed by atoms with Gasteiger partial charge in [0, 0.05) is 11.3 Å². The number of alkyl halides is 2. The Kier molecular flexibility index (Phi) is 4.85. The highest BCUT2D eigenvalue weighted by Crippen LogP contribution is 2.28. The minimum absolute atomic E-state index is 0.236. The molecule has 1 aliphatic rings. The largest absolute Gasteiger partial charge is 0.345 e. The van der Waals surface area contributed by atoms with Crippen LogP contribution in [0.5, 0.6) is 0 Å². The van der Waals surface area contributed by atoms with Crippen LogP contribution in [0.25, 0.3) is 5.69 Å². The van der Waals surface area contributed by atoms with E-state index in [1.165, 1.54) is 5.56 Å². The predicted molar refractivity (Wildman–Crippen MR) is 91.3 cm³/mol. The van der Waals surface area contributed by atoms with Crippen molar-refractivity contribution in [2.75, 3.05) is 13.1 Å². The number of halogens is 2. The number of nitrogens with one attached hydrogen (secondary N) is 1. The number of amides is 1. The van der Waals surface area contributed by atoms with E-state index in [1.54, 1.807) is 4.68 Å². The van der Waals surface area contributed by atoms with Crippen LogP contribution in [0.4, 0.5) is 8.78 Å². The summed E-state index contributed by atoms with van der Waals surface area (Å²) in [6, 6.07) is 7.99. The zero-order valence-electron chi connectivity index (χ0n) is 14.2. The third-order valence-corrected chi connectivity index (χ3v) is 4.54. The van der Waals surface area contributed by atoms with E-state index in [-0.39, 0.29) is 5.69 Å². The van der Waals surface area contributed by atoms with Crippen LogP contribution in [0.15, 0.2) is 24.3 Å². The highest BCUT2D eigenvalue weighted by molar-refractivity contribution is 5.94. The monoisotopic (exact) mass is 348 g/mol. The van der Waals surface area contributed by atoms with Crippen LogP contribution >= 0.6 is 0 Å². The van der Waals surface area contributed by atoms with Crippen LogP contribution in [0.1, 0.15) is 40.7 Å². The van der Waals surface area contributed by atoms with Crippen molar-refractivity contribution in [3.8, 4) is 5.69 Å². The average molecular weight is 348 g/mol. The first-order valence-electron chi connectivity index (χ1n) is 8.51. The summed E-state index contributed by atoms with van der Waals surface area (Å²) in [5.74, 6) is -3.69. The molecule has 134 valence electrons. The van der Waals surface area contributed by atoms with Gasteiger partial charge < -0.3 is 11.1 Å². The van der Waals surface area contributed by atoms with Crippen molar-refractivity contribution in [2.45, 2.75) is 38.5 Å². The van der Waals surface area contributed by atoms with Crippen LogP contribution in [-0.2, 0) is 19.3 Å². The predicted octanol–water partition coefficient (Wildman–Crippen LogP) is 2.25. The fraction of sp³-hybridized carbons (Fsp3) is 0.444. The first-order chi connectivity index (χ1) is 11.9. The van der Waals surface area contributed by atoms with E-state index in [0.29, 0.717) is 0 Å². The number of aromatic nitrogens is 2. The first kappa shape index (κ1) is 17.5. The molecule has 1 aromatic heterocycles. The van der Waals surface area contributed by atoms with Crippen LogP contribution in [0, 0.1) is 0 Å². The minimum atomic E-state index is -3.11. The molecule has 1 aliphatic carbocycles. The highest BCUT2D eigenvalue weighted by atomic mass is 19.3. The van der Waals surface area contributed by atoms with Crippen LogP contribution in [0.3, 0.4) is 0 Å². The lowest BCUT2D eigenvalue weighted by Crippen LogP contribution is -2.41. The quantitative estimate of drug-likeness (QED) is 0.841. The summed E-state index contributed by atoms with van der Waals surface area (Å²) in [6.07, 6.45) is 3.43. The number of hydrogen-bond donors (Lipinski definition) is 2. The van der Waals surface area contributed by atoms with Gasteiger partial charge in [-0.15, -0.1) is 0 Å². The molecular weight excluding hydrogens is 326 g/mol. The number of nitrogens with zero attached hydrogens (tertiary/aromatic N) is 2. The van der Waals surface area contributed by atoms with Gasteiger partial charge in [-0.25, -0.2) is 13.5 Å². The van der Waals surface area contributed by atoms with Crippen molar-refractivity contribution in [3.05, 3.63) is 46.8 Å². The molecule has 0 saturated heterocycles. The Morgan fingerprint density at radius 1 is 1.32 bits per heavy atom. The Labute approximate surface area is 145 Å². The van der Waals surface area contributed by atoms with Crippen LogP contribution < -0.4 is 11.1 Å². The summed E-state index contributed by atoms with van der Waals surface area (Å²) in [4.78, 5) is 12.4. The normalized spacial score (nSPS) is 13.8. The van der Waals surface area contributed by atoms with Crippen molar-refractivity contribution < 1.29 is 13.6 Å². The number of fused-ring (bicyclic) bond motifs is 1. The second-order valence-electron chi connectivity index (χ2n) is 6.30. The van der Waals surface area contributed by atoms with Gasteiger partial charge in [0.25, 0.3) is 11.8 Å². The molecule has 0 radical (unpaired) electrons. The molecule has 0 spiro atoms. The van der Waals surface area contributed by atoms with Gasteiger partial charge in [0.05, 0.1) is 18.8 Å². The van der Waals surface area contributed by atoms with Crippen LogP contribution in [0.2, 0.25) is 0 Å². The SMILES string of the molecule is CCc1ccc(-n2nc(C(=O)NCC(F)(F)CN)c3c2CCC3)cc1. The summed E-state index contributed by atoms with van der Waals surface area (Å²) >= 11 is 0. The zero-order valence-corrected chi connectivity index (χ0v) is 14.2. The molecule has 0 saturated carbocycles. The summed E-state index contributed by atoms with van der Waals surface area (Å²) in [6.45, 7) is 0.499. The second-order valence-corrected chi connectivity index (χ2v) is 6.30. The van der Waals surface area contributed by atoms with Crippen molar-refractivity contribution in [2.24, 2.45) is 5.73 Å². The van der Waals surface area contributed by atoms with E-state index in [1.807, 2.05) is 24.3 Å². The van der Waals surface area contributed by atoms with Crippen LogP contribution in [-0.4, -0.2) is 34.7 Å². The lowest BCUT2D eigenvalue weighted by Gasteiger charge is -2.14. The van der Waals surface area contributed by atoms with Gasteiger partial charge in [0.15, 0.2) is 5.69 Å². The molecule has 0 unspecified atom stereocenters. The van der Waals surface area contributed by atoms with Crippen molar-refractivity contribution in [3.63, 3.8) is 0 Å². The maximum absolute atomic E-state index is 13.3. The number of rotatable bonds is 6. The number of carbonyl (C=O) groups excluding carboxylic acids is 1. The van der Waals surface area contributed by atoms with Gasteiger partial charge in [-0.1, -0.05) is 19.1 Å². The van der Waals surface area contributed by atoms with Gasteiger partial charge in [-0.05, 0) is 43.4 Å². The molecule has 25 heavy (non-hydrogen) atoms. The Morgan fingerprint density at radius 2 is 2.04 bits per heavy atom. The Morgan fingerprint density at radius 3 is 2.68 bits per heavy atom. The molecule has 3 N–H and O–H groups in total. The molecule has 3 rings (SSSR count). The summed E-state index contributed by atoms with van der Waals surface area (Å²) in [7, 11) is 0. The zero-order chi connectivity index (χ0) is 18.0. The number of aryl methyl sites for hydroxylation is 1. The van der Waals surface area contributed by atoms with E-state index in [4.69, 9.17) is 5.73 Å². The fourth-order valence-electron chi connectivity index (χ4n) is 3.07. The van der Waals surface area contributed by atoms with E-state index >= 15 is 0 Å². The lowest BCUT2D eigenvalue weighted by atomic mass is 10.1. The number of benzene rings is 1. The van der Waals surface area contributed by atoms with Gasteiger partial charge in [-0.2, -0.15) is 5.10 Å². The molecular formula is C18H22F2N4O. The summed E-state index contributed by atoms with van der Waals surface area (Å²) in [5, 5.41) is 6.67. The molecule has 7 heteroatoms. The molecule has 2 aromatic rings. The van der Waals surface area contributed by atoms with E-state index in [9.17, 15) is 13.6 Å². The number of hydrogen-bond acceptors (Lipinski definition) is 3. The minimum Gasteiger partial charge on any atom is -0.345 e. The molecule has 0 fully saturated rings. The standard InChI is InChI=1S/C18H22F2N4O/c1-2-12-6-8-13(9-7-12)24-15-5-3-4-14(15)16(23-24)17(25)22-11-18(19,20)10-21/h6-9H,2-5,10-11,21H2,1H3,(H,22,25). The molecule has 0 atom stereocenters. The lowest BCUT2D eigenvalue weighted by molar-refractivity contribution is 0.0118. The molecule has 0 aliphatic heterocycles. The Balaban J connectivity index is 1.87. The van der Waals surface area contributed by atoms with Gasteiger partial charge in [0.2, 0.25) is 0 Å². The molecule has 0 bridgehead atoms. The maximum atomic E-state index is 13.3. The molecule has 1 heterocycles. The highest BCUT2D eigenvalue weighted by Gasteiger charge is 2.30. The van der Waals surface area contributed by atoms with E-state index in [2.05, 4.69) is 17.3 Å². The first-order valence-corrected chi connectivity index (χ1v) is 8.51. The molecule has 1 amide bonds.